The Balaban J connectivity index is 2.09. The van der Waals surface area contributed by atoms with Gasteiger partial charge in [0.25, 0.3) is 0 Å². The molecule has 1 aromatic heterocycles. The average molecular weight is 246 g/mol. The van der Waals surface area contributed by atoms with E-state index in [0.29, 0.717) is 0 Å². The maximum atomic E-state index is 5.78. The summed E-state index contributed by atoms with van der Waals surface area (Å²) in [5, 5.41) is 3.30. The van der Waals surface area contributed by atoms with Gasteiger partial charge in [0.2, 0.25) is 0 Å². The van der Waals surface area contributed by atoms with E-state index in [1.54, 1.807) is 11.3 Å². The van der Waals surface area contributed by atoms with Crippen LogP contribution in [0.3, 0.4) is 0 Å². The largest absolute Gasteiger partial charge is 0.328 e. The number of thiazole rings is 1. The first-order valence-electron chi connectivity index (χ1n) is 5.88. The Labute approximate surface area is 107 Å². The van der Waals surface area contributed by atoms with E-state index in [9.17, 15) is 0 Å². The molecule has 17 heavy (non-hydrogen) atoms. The molecule has 0 aliphatic carbocycles. The Kier molecular flexibility index (Phi) is 3.92. The molecule has 0 aliphatic heterocycles. The molecule has 0 bridgehead atoms. The van der Waals surface area contributed by atoms with Crippen LogP contribution in [0, 0.1) is 6.92 Å². The quantitative estimate of drug-likeness (QED) is 0.901. The number of hydrogen-bond acceptors (Lipinski definition) is 3. The number of nitrogens with zero attached hydrogens (tertiary/aromatic N) is 1. The maximum Gasteiger partial charge on any atom is 0.0972 e. The molecule has 0 saturated carbocycles. The van der Waals surface area contributed by atoms with Crippen molar-refractivity contribution in [3.05, 3.63) is 51.5 Å². The smallest absolute Gasteiger partial charge is 0.0972 e. The second kappa shape index (κ2) is 5.43. The minimum absolute atomic E-state index is 0.184. The van der Waals surface area contributed by atoms with Crippen molar-refractivity contribution in [2.24, 2.45) is 5.73 Å². The van der Waals surface area contributed by atoms with E-state index >= 15 is 0 Å². The van der Waals surface area contributed by atoms with Crippen LogP contribution in [-0.4, -0.2) is 11.0 Å². The van der Waals surface area contributed by atoms with Gasteiger partial charge in [0.1, 0.15) is 0 Å². The maximum absolute atomic E-state index is 5.78. The second-order valence-electron chi connectivity index (χ2n) is 4.52. The van der Waals surface area contributed by atoms with E-state index in [2.05, 4.69) is 41.6 Å². The van der Waals surface area contributed by atoms with Crippen molar-refractivity contribution in [3.63, 3.8) is 0 Å². The zero-order valence-corrected chi connectivity index (χ0v) is 11.1. The molecule has 0 amide bonds. The number of aromatic nitrogens is 1. The summed E-state index contributed by atoms with van der Waals surface area (Å²) in [6.45, 7) is 4.16. The summed E-state index contributed by atoms with van der Waals surface area (Å²) < 4.78 is 0. The molecule has 2 aromatic rings. The number of hydrogen-bond donors (Lipinski definition) is 1. The van der Waals surface area contributed by atoms with E-state index in [1.807, 2.05) is 6.92 Å². The lowest BCUT2D eigenvalue weighted by atomic mass is 10.1. The Morgan fingerprint density at radius 3 is 2.82 bits per heavy atom. The van der Waals surface area contributed by atoms with Crippen LogP contribution in [0.1, 0.15) is 28.8 Å². The summed E-state index contributed by atoms with van der Waals surface area (Å²) >= 11 is 1.73. The highest BCUT2D eigenvalue weighted by molar-refractivity contribution is 7.09. The van der Waals surface area contributed by atoms with Crippen LogP contribution in [0.15, 0.2) is 29.6 Å². The van der Waals surface area contributed by atoms with E-state index in [-0.39, 0.29) is 6.04 Å². The fourth-order valence-electron chi connectivity index (χ4n) is 1.83. The van der Waals surface area contributed by atoms with Crippen molar-refractivity contribution >= 4 is 11.3 Å². The molecule has 0 radical (unpaired) electrons. The van der Waals surface area contributed by atoms with Gasteiger partial charge >= 0.3 is 0 Å². The predicted molar refractivity (Wildman–Crippen MR) is 73.5 cm³/mol. The topological polar surface area (TPSA) is 38.9 Å². The summed E-state index contributed by atoms with van der Waals surface area (Å²) in [6.07, 6.45) is 1.79. The first-order chi connectivity index (χ1) is 8.15. The lowest BCUT2D eigenvalue weighted by Crippen LogP contribution is -2.17. The van der Waals surface area contributed by atoms with Crippen LogP contribution in [0.5, 0.6) is 0 Å². The second-order valence-corrected chi connectivity index (χ2v) is 5.46. The summed E-state index contributed by atoms with van der Waals surface area (Å²) in [7, 11) is 0. The van der Waals surface area contributed by atoms with E-state index in [0.717, 1.165) is 18.5 Å². The molecule has 1 aromatic carbocycles. The monoisotopic (exact) mass is 246 g/mol. The van der Waals surface area contributed by atoms with Crippen LogP contribution in [0.25, 0.3) is 0 Å². The van der Waals surface area contributed by atoms with Gasteiger partial charge in [-0.3, -0.25) is 0 Å². The highest BCUT2D eigenvalue weighted by Gasteiger charge is 2.06. The third kappa shape index (κ3) is 3.38. The number of nitrogens with two attached hydrogens (primary N) is 1. The molecule has 1 unspecified atom stereocenters. The predicted octanol–water partition coefficient (Wildman–Crippen LogP) is 2.93. The molecule has 0 aliphatic rings. The first kappa shape index (κ1) is 12.3. The fraction of sp³-hybridized carbons (Fsp3) is 0.357. The third-order valence-electron chi connectivity index (χ3n) is 2.73. The van der Waals surface area contributed by atoms with Crippen LogP contribution in [0.4, 0.5) is 0 Å². The normalized spacial score (nSPS) is 12.6. The van der Waals surface area contributed by atoms with Gasteiger partial charge in [-0.15, -0.1) is 11.3 Å². The van der Waals surface area contributed by atoms with Gasteiger partial charge in [0.15, 0.2) is 0 Å². The molecular formula is C14H18N2S. The first-order valence-corrected chi connectivity index (χ1v) is 6.76. The van der Waals surface area contributed by atoms with Crippen molar-refractivity contribution in [2.45, 2.75) is 32.7 Å². The highest BCUT2D eigenvalue weighted by atomic mass is 32.1. The van der Waals surface area contributed by atoms with Gasteiger partial charge in [-0.2, -0.15) is 0 Å². The molecule has 90 valence electrons. The molecule has 2 nitrogen and oxygen atoms in total. The summed E-state index contributed by atoms with van der Waals surface area (Å²) in [5.41, 5.74) is 9.58. The van der Waals surface area contributed by atoms with Gasteiger partial charge in [0.05, 0.1) is 10.7 Å². The van der Waals surface area contributed by atoms with Gasteiger partial charge in [-0.1, -0.05) is 24.3 Å². The Morgan fingerprint density at radius 2 is 2.12 bits per heavy atom. The lowest BCUT2D eigenvalue weighted by Gasteiger charge is -2.02. The van der Waals surface area contributed by atoms with Crippen molar-refractivity contribution in [1.29, 1.82) is 0 Å². The number of aryl methyl sites for hydroxylation is 1. The number of benzene rings is 1. The van der Waals surface area contributed by atoms with Crippen molar-refractivity contribution in [1.82, 2.24) is 4.98 Å². The standard InChI is InChI=1S/C14H18N2S/c1-10-5-3-4-6-12(10)8-14-16-13(9-17-14)7-11(2)15/h3-6,9,11H,7-8,15H2,1-2H3. The average Bonchev–Trinajstić information content (AvgIpc) is 2.68. The van der Waals surface area contributed by atoms with Crippen molar-refractivity contribution < 1.29 is 0 Å². The Bertz CT molecular complexity index is 488. The Hall–Kier alpha value is -1.19. The molecule has 0 saturated heterocycles. The van der Waals surface area contributed by atoms with E-state index < -0.39 is 0 Å². The zero-order valence-electron chi connectivity index (χ0n) is 10.3. The molecule has 0 spiro atoms. The summed E-state index contributed by atoms with van der Waals surface area (Å²) in [6, 6.07) is 8.65. The molecule has 1 atom stereocenters. The van der Waals surface area contributed by atoms with Crippen molar-refractivity contribution in [3.8, 4) is 0 Å². The van der Waals surface area contributed by atoms with Gasteiger partial charge in [-0.05, 0) is 25.0 Å². The van der Waals surface area contributed by atoms with Crippen LogP contribution in [-0.2, 0) is 12.8 Å². The lowest BCUT2D eigenvalue weighted by molar-refractivity contribution is 0.724. The van der Waals surface area contributed by atoms with Crippen LogP contribution < -0.4 is 5.73 Å². The van der Waals surface area contributed by atoms with Gasteiger partial charge < -0.3 is 5.73 Å². The molecule has 2 N–H and O–H groups in total. The van der Waals surface area contributed by atoms with Gasteiger partial charge in [-0.25, -0.2) is 4.98 Å². The third-order valence-corrected chi connectivity index (χ3v) is 3.63. The van der Waals surface area contributed by atoms with Crippen LogP contribution >= 0.6 is 11.3 Å². The minimum atomic E-state index is 0.184. The van der Waals surface area contributed by atoms with Crippen LogP contribution in [0.2, 0.25) is 0 Å². The highest BCUT2D eigenvalue weighted by Crippen LogP contribution is 2.17. The van der Waals surface area contributed by atoms with Gasteiger partial charge in [0, 0.05) is 24.3 Å². The number of rotatable bonds is 4. The zero-order chi connectivity index (χ0) is 12.3. The molecular weight excluding hydrogens is 228 g/mol. The Morgan fingerprint density at radius 1 is 1.35 bits per heavy atom. The molecule has 1 heterocycles. The molecule has 3 heteroatoms. The van der Waals surface area contributed by atoms with E-state index in [4.69, 9.17) is 5.73 Å². The summed E-state index contributed by atoms with van der Waals surface area (Å²) in [4.78, 5) is 4.63. The van der Waals surface area contributed by atoms with E-state index in [1.165, 1.54) is 16.1 Å². The minimum Gasteiger partial charge on any atom is -0.328 e. The summed E-state index contributed by atoms with van der Waals surface area (Å²) in [5.74, 6) is 0. The SMILES string of the molecule is Cc1ccccc1Cc1nc(CC(C)N)cs1. The van der Waals surface area contributed by atoms with Crippen molar-refractivity contribution in [2.75, 3.05) is 0 Å². The molecule has 0 fully saturated rings. The molecule has 2 rings (SSSR count). The fourth-order valence-corrected chi connectivity index (χ4v) is 2.65.